The van der Waals surface area contributed by atoms with Crippen LogP contribution in [-0.4, -0.2) is 36.5 Å². The van der Waals surface area contributed by atoms with Crippen LogP contribution < -0.4 is 9.47 Å². The number of hydrogen-bond acceptors (Lipinski definition) is 5. The maximum absolute atomic E-state index is 12.1. The van der Waals surface area contributed by atoms with Gasteiger partial charge in [-0.15, -0.1) is 0 Å². The quantitative estimate of drug-likeness (QED) is 0.686. The Balaban J connectivity index is 1.95. The highest BCUT2D eigenvalue weighted by atomic mass is 16.5. The predicted molar refractivity (Wildman–Crippen MR) is 117 cm³/mol. The van der Waals surface area contributed by atoms with E-state index in [-0.39, 0.29) is 17.1 Å². The van der Waals surface area contributed by atoms with Gasteiger partial charge >= 0.3 is 5.97 Å². The van der Waals surface area contributed by atoms with E-state index in [4.69, 9.17) is 19.2 Å². The van der Waals surface area contributed by atoms with Crippen LogP contribution in [0.15, 0.2) is 35.3 Å². The van der Waals surface area contributed by atoms with Crippen molar-refractivity contribution in [2.45, 2.75) is 58.6 Å². The number of ether oxygens (including phenoxy) is 3. The number of hydrogen-bond donors (Lipinski definition) is 0. The summed E-state index contributed by atoms with van der Waals surface area (Å²) < 4.78 is 17.2. The van der Waals surface area contributed by atoms with Crippen LogP contribution in [0.5, 0.6) is 11.5 Å². The first-order valence-corrected chi connectivity index (χ1v) is 10.4. The molecule has 0 N–H and O–H groups in total. The van der Waals surface area contributed by atoms with Gasteiger partial charge in [-0.1, -0.05) is 12.1 Å². The molecule has 2 aromatic carbocycles. The lowest BCUT2D eigenvalue weighted by atomic mass is 9.80. The first kappa shape index (κ1) is 20.5. The summed E-state index contributed by atoms with van der Waals surface area (Å²) in [5.41, 5.74) is 5.19. The van der Waals surface area contributed by atoms with Crippen molar-refractivity contribution in [3.8, 4) is 11.5 Å². The van der Waals surface area contributed by atoms with Crippen molar-refractivity contribution >= 4 is 11.7 Å². The number of aliphatic imine (C=N–C) groups is 1. The van der Waals surface area contributed by atoms with Crippen LogP contribution in [-0.2, 0) is 17.6 Å². The highest BCUT2D eigenvalue weighted by Gasteiger charge is 2.39. The molecule has 5 nitrogen and oxygen atoms in total. The molecule has 0 spiro atoms. The SMILES string of the molecule is CCOc1cc2c(c3c1OC(C)(C)C3)C(c1cccc(C(=O)OC)c1)=NC(C)(C)C2. The Morgan fingerprint density at radius 3 is 2.63 bits per heavy atom. The standard InChI is InChI=1S/C25H29NO4/c1-7-29-19-12-17-13-24(2,3)26-21(15-9-8-10-16(11-15)23(27)28-6)20(17)18-14-25(4,5)30-22(18)19/h8-12H,7,13-14H2,1-6H3. The molecule has 2 aromatic rings. The van der Waals surface area contributed by atoms with Crippen molar-refractivity contribution in [2.24, 2.45) is 4.99 Å². The second kappa shape index (κ2) is 7.15. The normalized spacial score (nSPS) is 18.0. The third-order valence-electron chi connectivity index (χ3n) is 5.54. The van der Waals surface area contributed by atoms with Crippen molar-refractivity contribution in [2.75, 3.05) is 13.7 Å². The molecule has 0 radical (unpaired) electrons. The van der Waals surface area contributed by atoms with Gasteiger partial charge in [-0.25, -0.2) is 4.79 Å². The molecule has 0 aliphatic carbocycles. The topological polar surface area (TPSA) is 57.1 Å². The molecule has 0 aromatic heterocycles. The fraction of sp³-hybridized carbons (Fsp3) is 0.440. The largest absolute Gasteiger partial charge is 0.490 e. The number of nitrogens with zero attached hydrogens (tertiary/aromatic N) is 1. The van der Waals surface area contributed by atoms with Crippen molar-refractivity contribution in [1.29, 1.82) is 0 Å². The van der Waals surface area contributed by atoms with Gasteiger partial charge in [0, 0.05) is 23.1 Å². The van der Waals surface area contributed by atoms with Crippen molar-refractivity contribution in [3.63, 3.8) is 0 Å². The lowest BCUT2D eigenvalue weighted by Crippen LogP contribution is -2.30. The summed E-state index contributed by atoms with van der Waals surface area (Å²) in [6.07, 6.45) is 1.60. The fourth-order valence-corrected chi connectivity index (χ4v) is 4.45. The number of esters is 1. The number of methoxy groups -OCH3 is 1. The van der Waals surface area contributed by atoms with Gasteiger partial charge in [0.15, 0.2) is 11.5 Å². The van der Waals surface area contributed by atoms with E-state index in [0.29, 0.717) is 12.2 Å². The number of rotatable bonds is 4. The average molecular weight is 408 g/mol. The van der Waals surface area contributed by atoms with Gasteiger partial charge in [0.05, 0.1) is 30.5 Å². The first-order valence-electron chi connectivity index (χ1n) is 10.4. The van der Waals surface area contributed by atoms with E-state index in [1.165, 1.54) is 12.7 Å². The second-order valence-corrected chi connectivity index (χ2v) is 9.21. The summed E-state index contributed by atoms with van der Waals surface area (Å²) in [6.45, 7) is 11.0. The number of carbonyl (C=O) groups excluding carboxylic acids is 1. The van der Waals surface area contributed by atoms with E-state index in [1.807, 2.05) is 25.1 Å². The van der Waals surface area contributed by atoms with Gasteiger partial charge in [-0.05, 0) is 64.8 Å². The Labute approximate surface area is 178 Å². The Bertz CT molecular complexity index is 1050. The molecule has 2 aliphatic heterocycles. The van der Waals surface area contributed by atoms with Crippen LogP contribution in [0.25, 0.3) is 0 Å². The third-order valence-corrected chi connectivity index (χ3v) is 5.54. The minimum Gasteiger partial charge on any atom is -0.490 e. The molecule has 158 valence electrons. The van der Waals surface area contributed by atoms with Gasteiger partial charge in [0.2, 0.25) is 0 Å². The molecule has 2 aliphatic rings. The van der Waals surface area contributed by atoms with Gasteiger partial charge in [0.1, 0.15) is 5.60 Å². The zero-order valence-electron chi connectivity index (χ0n) is 18.6. The molecule has 0 bridgehead atoms. The highest BCUT2D eigenvalue weighted by molar-refractivity contribution is 6.16. The summed E-state index contributed by atoms with van der Waals surface area (Å²) in [4.78, 5) is 17.2. The van der Waals surface area contributed by atoms with Crippen LogP contribution in [0.2, 0.25) is 0 Å². The van der Waals surface area contributed by atoms with E-state index in [0.717, 1.165) is 46.7 Å². The van der Waals surface area contributed by atoms with Crippen molar-refractivity contribution < 1.29 is 19.0 Å². The molecule has 0 unspecified atom stereocenters. The lowest BCUT2D eigenvalue weighted by Gasteiger charge is -2.31. The Kier molecular flexibility index (Phi) is 4.88. The van der Waals surface area contributed by atoms with Gasteiger partial charge in [-0.3, -0.25) is 4.99 Å². The smallest absolute Gasteiger partial charge is 0.337 e. The molecule has 30 heavy (non-hydrogen) atoms. The Hall–Kier alpha value is -2.82. The summed E-state index contributed by atoms with van der Waals surface area (Å²) in [6, 6.07) is 9.61. The monoisotopic (exact) mass is 407 g/mol. The summed E-state index contributed by atoms with van der Waals surface area (Å²) in [7, 11) is 1.40. The van der Waals surface area contributed by atoms with E-state index in [9.17, 15) is 4.79 Å². The zero-order valence-corrected chi connectivity index (χ0v) is 18.6. The lowest BCUT2D eigenvalue weighted by molar-refractivity contribution is 0.0600. The minimum atomic E-state index is -0.353. The van der Waals surface area contributed by atoms with Gasteiger partial charge < -0.3 is 14.2 Å². The number of fused-ring (bicyclic) bond motifs is 3. The number of benzene rings is 2. The van der Waals surface area contributed by atoms with Crippen LogP contribution in [0.4, 0.5) is 0 Å². The van der Waals surface area contributed by atoms with Crippen LogP contribution in [0, 0.1) is 0 Å². The highest BCUT2D eigenvalue weighted by Crippen LogP contribution is 2.48. The molecule has 5 heteroatoms. The molecule has 0 saturated heterocycles. The molecular weight excluding hydrogens is 378 g/mol. The van der Waals surface area contributed by atoms with Gasteiger partial charge in [-0.2, -0.15) is 0 Å². The molecule has 0 amide bonds. The maximum atomic E-state index is 12.1. The molecule has 0 fully saturated rings. The third kappa shape index (κ3) is 3.57. The molecule has 0 saturated carbocycles. The average Bonchev–Trinajstić information content (AvgIpc) is 3.01. The maximum Gasteiger partial charge on any atom is 0.337 e. The second-order valence-electron chi connectivity index (χ2n) is 9.21. The summed E-state index contributed by atoms with van der Waals surface area (Å²) in [5.74, 6) is 1.27. The number of carbonyl (C=O) groups is 1. The van der Waals surface area contributed by atoms with Crippen molar-refractivity contribution in [3.05, 3.63) is 58.1 Å². The Morgan fingerprint density at radius 2 is 1.93 bits per heavy atom. The van der Waals surface area contributed by atoms with Crippen LogP contribution in [0.1, 0.15) is 67.2 Å². The van der Waals surface area contributed by atoms with Crippen molar-refractivity contribution in [1.82, 2.24) is 0 Å². The zero-order chi connectivity index (χ0) is 21.7. The first-order chi connectivity index (χ1) is 14.1. The van der Waals surface area contributed by atoms with E-state index in [2.05, 4.69) is 33.8 Å². The molecular formula is C25H29NO4. The minimum absolute atomic E-state index is 0.268. The molecule has 0 atom stereocenters. The van der Waals surface area contributed by atoms with E-state index in [1.54, 1.807) is 6.07 Å². The van der Waals surface area contributed by atoms with E-state index >= 15 is 0 Å². The summed E-state index contributed by atoms with van der Waals surface area (Å²) in [5, 5.41) is 0. The predicted octanol–water partition coefficient (Wildman–Crippen LogP) is 4.76. The van der Waals surface area contributed by atoms with Crippen LogP contribution >= 0.6 is 0 Å². The Morgan fingerprint density at radius 1 is 1.17 bits per heavy atom. The fourth-order valence-electron chi connectivity index (χ4n) is 4.45. The molecule has 2 heterocycles. The molecule has 4 rings (SSSR count). The van der Waals surface area contributed by atoms with E-state index < -0.39 is 0 Å². The van der Waals surface area contributed by atoms with Crippen LogP contribution in [0.3, 0.4) is 0 Å². The summed E-state index contributed by atoms with van der Waals surface area (Å²) >= 11 is 0. The van der Waals surface area contributed by atoms with Gasteiger partial charge in [0.25, 0.3) is 0 Å².